The van der Waals surface area contributed by atoms with Gasteiger partial charge >= 0.3 is 0 Å². The van der Waals surface area contributed by atoms with E-state index in [-0.39, 0.29) is 5.60 Å². The van der Waals surface area contributed by atoms with Gasteiger partial charge in [0.1, 0.15) is 5.60 Å². The molecular weight excluding hydrogens is 236 g/mol. The summed E-state index contributed by atoms with van der Waals surface area (Å²) < 4.78 is 5.74. The van der Waals surface area contributed by atoms with E-state index in [2.05, 4.69) is 16.9 Å². The first-order chi connectivity index (χ1) is 8.20. The molecule has 3 nitrogen and oxygen atoms in total. The Morgan fingerprint density at radius 2 is 2.18 bits per heavy atom. The van der Waals surface area contributed by atoms with Gasteiger partial charge in [-0.25, -0.2) is 9.97 Å². The van der Waals surface area contributed by atoms with E-state index in [1.54, 1.807) is 13.3 Å². The zero-order valence-corrected chi connectivity index (χ0v) is 11.2. The fourth-order valence-electron chi connectivity index (χ4n) is 2.44. The topological polar surface area (TPSA) is 35.0 Å². The molecular formula is C13H19ClN2O. The summed E-state index contributed by atoms with van der Waals surface area (Å²) in [7, 11) is 1.76. The molecule has 17 heavy (non-hydrogen) atoms. The van der Waals surface area contributed by atoms with E-state index in [1.807, 2.05) is 6.07 Å². The normalized spacial score (nSPS) is 29.2. The van der Waals surface area contributed by atoms with Gasteiger partial charge in [0.05, 0.1) is 11.6 Å². The minimum Gasteiger partial charge on any atom is -0.370 e. The Kier molecular flexibility index (Phi) is 4.00. The Labute approximate surface area is 108 Å². The van der Waals surface area contributed by atoms with Crippen LogP contribution in [0.25, 0.3) is 0 Å². The molecule has 0 bridgehead atoms. The Morgan fingerprint density at radius 1 is 1.47 bits per heavy atom. The maximum Gasteiger partial charge on any atom is 0.160 e. The standard InChI is InChI=1S/C13H19ClN2O/c1-10-3-6-13(17-2,7-4-10)12-15-8-5-11(9-14)16-12/h5,8,10H,3-4,6-7,9H2,1-2H3. The van der Waals surface area contributed by atoms with Crippen molar-refractivity contribution < 1.29 is 4.74 Å². The average Bonchev–Trinajstić information content (AvgIpc) is 2.40. The zero-order chi connectivity index (χ0) is 12.3. The van der Waals surface area contributed by atoms with Crippen molar-refractivity contribution in [2.24, 2.45) is 5.92 Å². The van der Waals surface area contributed by atoms with Crippen LogP contribution >= 0.6 is 11.6 Å². The quantitative estimate of drug-likeness (QED) is 0.777. The van der Waals surface area contributed by atoms with Crippen LogP contribution in [0.4, 0.5) is 0 Å². The van der Waals surface area contributed by atoms with Crippen molar-refractivity contribution in [1.82, 2.24) is 9.97 Å². The predicted octanol–water partition coefficient (Wildman–Crippen LogP) is 3.27. The molecule has 0 saturated heterocycles. The predicted molar refractivity (Wildman–Crippen MR) is 67.9 cm³/mol. The second kappa shape index (κ2) is 5.32. The molecule has 0 aromatic carbocycles. The summed E-state index contributed by atoms with van der Waals surface area (Å²) in [5.74, 6) is 1.99. The molecule has 1 saturated carbocycles. The van der Waals surface area contributed by atoms with Gasteiger partial charge < -0.3 is 4.74 Å². The van der Waals surface area contributed by atoms with E-state index < -0.39 is 0 Å². The summed E-state index contributed by atoms with van der Waals surface area (Å²) in [4.78, 5) is 8.90. The molecule has 0 unspecified atom stereocenters. The lowest BCUT2D eigenvalue weighted by Gasteiger charge is -2.36. The summed E-state index contributed by atoms with van der Waals surface area (Å²) in [6.07, 6.45) is 6.11. The number of alkyl halides is 1. The largest absolute Gasteiger partial charge is 0.370 e. The number of ether oxygens (including phenoxy) is 1. The van der Waals surface area contributed by atoms with Crippen LogP contribution in [0.15, 0.2) is 12.3 Å². The smallest absolute Gasteiger partial charge is 0.160 e. The molecule has 1 fully saturated rings. The molecule has 2 rings (SSSR count). The lowest BCUT2D eigenvalue weighted by atomic mass is 9.79. The lowest BCUT2D eigenvalue weighted by molar-refractivity contribution is -0.0598. The van der Waals surface area contributed by atoms with E-state index in [0.29, 0.717) is 5.88 Å². The zero-order valence-electron chi connectivity index (χ0n) is 10.4. The van der Waals surface area contributed by atoms with E-state index >= 15 is 0 Å². The molecule has 0 spiro atoms. The Morgan fingerprint density at radius 3 is 2.76 bits per heavy atom. The van der Waals surface area contributed by atoms with Gasteiger partial charge in [-0.15, -0.1) is 11.6 Å². The summed E-state index contributed by atoms with van der Waals surface area (Å²) in [5, 5.41) is 0. The van der Waals surface area contributed by atoms with E-state index in [0.717, 1.165) is 30.3 Å². The van der Waals surface area contributed by atoms with Crippen molar-refractivity contribution in [3.05, 3.63) is 23.8 Å². The van der Waals surface area contributed by atoms with Crippen LogP contribution in [-0.2, 0) is 16.2 Å². The van der Waals surface area contributed by atoms with Crippen molar-refractivity contribution in [3.63, 3.8) is 0 Å². The number of rotatable bonds is 3. The van der Waals surface area contributed by atoms with Crippen LogP contribution in [0.1, 0.15) is 44.1 Å². The van der Waals surface area contributed by atoms with Gasteiger partial charge in [-0.2, -0.15) is 0 Å². The molecule has 1 aromatic rings. The maximum atomic E-state index is 5.82. The van der Waals surface area contributed by atoms with Crippen molar-refractivity contribution in [2.75, 3.05) is 7.11 Å². The molecule has 1 aliphatic carbocycles. The van der Waals surface area contributed by atoms with Crippen LogP contribution < -0.4 is 0 Å². The highest BCUT2D eigenvalue weighted by molar-refractivity contribution is 6.16. The summed E-state index contributed by atoms with van der Waals surface area (Å²) in [6, 6.07) is 1.85. The number of hydrogen-bond acceptors (Lipinski definition) is 3. The first-order valence-electron chi connectivity index (χ1n) is 6.14. The van der Waals surface area contributed by atoms with Gasteiger partial charge in [0.2, 0.25) is 0 Å². The van der Waals surface area contributed by atoms with E-state index in [1.165, 1.54) is 12.8 Å². The Balaban J connectivity index is 2.27. The number of nitrogens with zero attached hydrogens (tertiary/aromatic N) is 2. The van der Waals surface area contributed by atoms with Crippen LogP contribution in [0.5, 0.6) is 0 Å². The molecule has 1 aliphatic rings. The number of hydrogen-bond donors (Lipinski definition) is 0. The third kappa shape index (κ3) is 2.61. The van der Waals surface area contributed by atoms with Crippen molar-refractivity contribution in [3.8, 4) is 0 Å². The maximum absolute atomic E-state index is 5.82. The van der Waals surface area contributed by atoms with Gasteiger partial charge in [0.25, 0.3) is 0 Å². The van der Waals surface area contributed by atoms with Crippen molar-refractivity contribution in [1.29, 1.82) is 0 Å². The molecule has 0 N–H and O–H groups in total. The van der Waals surface area contributed by atoms with Gasteiger partial charge in [-0.3, -0.25) is 0 Å². The highest BCUT2D eigenvalue weighted by Crippen LogP contribution is 2.40. The monoisotopic (exact) mass is 254 g/mol. The van der Waals surface area contributed by atoms with Crippen molar-refractivity contribution in [2.45, 2.75) is 44.1 Å². The second-order valence-corrected chi connectivity index (χ2v) is 5.15. The van der Waals surface area contributed by atoms with E-state index in [9.17, 15) is 0 Å². The molecule has 4 heteroatoms. The van der Waals surface area contributed by atoms with Crippen LogP contribution in [0.2, 0.25) is 0 Å². The lowest BCUT2D eigenvalue weighted by Crippen LogP contribution is -2.35. The van der Waals surface area contributed by atoms with Gasteiger partial charge in [-0.05, 0) is 37.7 Å². The summed E-state index contributed by atoms with van der Waals surface area (Å²) >= 11 is 5.82. The minimum absolute atomic E-state index is 0.297. The van der Waals surface area contributed by atoms with Crippen LogP contribution in [-0.4, -0.2) is 17.1 Å². The average molecular weight is 255 g/mol. The van der Waals surface area contributed by atoms with Crippen LogP contribution in [0, 0.1) is 5.92 Å². The summed E-state index contributed by atoms with van der Waals surface area (Å²) in [6.45, 7) is 2.29. The van der Waals surface area contributed by atoms with Crippen molar-refractivity contribution >= 4 is 11.6 Å². The SMILES string of the molecule is COC1(c2nccc(CCl)n2)CCC(C)CC1. The first-order valence-corrected chi connectivity index (χ1v) is 6.67. The Bertz CT molecular complexity index is 375. The fraction of sp³-hybridized carbons (Fsp3) is 0.692. The number of methoxy groups -OCH3 is 1. The number of aromatic nitrogens is 2. The van der Waals surface area contributed by atoms with Gasteiger partial charge in [0.15, 0.2) is 5.82 Å². The van der Waals surface area contributed by atoms with Gasteiger partial charge in [-0.1, -0.05) is 6.92 Å². The molecule has 1 heterocycles. The molecule has 0 radical (unpaired) electrons. The molecule has 0 aliphatic heterocycles. The minimum atomic E-state index is -0.297. The third-order valence-electron chi connectivity index (χ3n) is 3.73. The van der Waals surface area contributed by atoms with E-state index in [4.69, 9.17) is 16.3 Å². The third-order valence-corrected chi connectivity index (χ3v) is 4.00. The molecule has 0 amide bonds. The first kappa shape index (κ1) is 12.8. The number of halogens is 1. The van der Waals surface area contributed by atoms with Gasteiger partial charge in [0, 0.05) is 13.3 Å². The molecule has 0 atom stereocenters. The van der Waals surface area contributed by atoms with Crippen LogP contribution in [0.3, 0.4) is 0 Å². The highest BCUT2D eigenvalue weighted by atomic mass is 35.5. The fourth-order valence-corrected chi connectivity index (χ4v) is 2.59. The second-order valence-electron chi connectivity index (χ2n) is 4.89. The molecule has 1 aromatic heterocycles. The highest BCUT2D eigenvalue weighted by Gasteiger charge is 2.38. The molecule has 94 valence electrons. The summed E-state index contributed by atoms with van der Waals surface area (Å²) in [5.41, 5.74) is 0.570. The Hall–Kier alpha value is -0.670.